The number of hydrogen-bond acceptors (Lipinski definition) is 7. The van der Waals surface area contributed by atoms with Crippen LogP contribution in [0.15, 0.2) is 23.4 Å². The van der Waals surface area contributed by atoms with Gasteiger partial charge in [-0.3, -0.25) is 0 Å². The molecule has 2 N–H and O–H groups in total. The van der Waals surface area contributed by atoms with Crippen molar-refractivity contribution in [1.82, 2.24) is 4.98 Å². The maximum atomic E-state index is 12.0. The highest BCUT2D eigenvalue weighted by Crippen LogP contribution is 2.15. The Hall–Kier alpha value is -1.52. The number of sulfonamides is 1. The number of nitrogens with two attached hydrogens (primary N) is 1. The quantitative estimate of drug-likeness (QED) is 0.686. The van der Waals surface area contributed by atoms with Crippen molar-refractivity contribution in [3.63, 3.8) is 0 Å². The molecular weight excluding hydrogens is 308 g/mol. The fourth-order valence-electron chi connectivity index (χ4n) is 1.33. The Labute approximate surface area is 116 Å². The van der Waals surface area contributed by atoms with E-state index in [1.807, 2.05) is 0 Å². The molecule has 1 aromatic rings. The van der Waals surface area contributed by atoms with Crippen LogP contribution in [0.1, 0.15) is 17.3 Å². The summed E-state index contributed by atoms with van der Waals surface area (Å²) >= 11 is 0. The predicted octanol–water partition coefficient (Wildman–Crippen LogP) is -0.679. The number of aromatic nitrogens is 1. The van der Waals surface area contributed by atoms with Crippen LogP contribution in [0.5, 0.6) is 0 Å². The molecule has 0 radical (unpaired) electrons. The molecule has 0 aliphatic heterocycles. The van der Waals surface area contributed by atoms with Crippen LogP contribution in [-0.4, -0.2) is 45.9 Å². The number of primary sulfonamides is 1. The van der Waals surface area contributed by atoms with Crippen molar-refractivity contribution in [2.24, 2.45) is 5.14 Å². The van der Waals surface area contributed by atoms with Crippen LogP contribution in [0, 0.1) is 0 Å². The zero-order valence-electron chi connectivity index (χ0n) is 10.6. The summed E-state index contributed by atoms with van der Waals surface area (Å²) in [5.41, 5.74) is -0.233. The molecular formula is C10H14N2O6S2. The standard InChI is InChI=1S/C10H14N2O6S2/c1-2-18-10(13)8-4-3-5-12-9(8)19(14,15)6-7-20(11,16)17/h3-5H,2,6-7H2,1H3,(H2,11,16,17). The maximum Gasteiger partial charge on any atom is 0.341 e. The molecule has 1 rings (SSSR count). The van der Waals surface area contributed by atoms with Gasteiger partial charge >= 0.3 is 5.97 Å². The van der Waals surface area contributed by atoms with Gasteiger partial charge in [-0.2, -0.15) is 0 Å². The Balaban J connectivity index is 3.16. The Bertz CT molecular complexity index is 696. The third kappa shape index (κ3) is 4.54. The molecule has 0 amide bonds. The molecule has 0 saturated carbocycles. The summed E-state index contributed by atoms with van der Waals surface area (Å²) in [4.78, 5) is 15.3. The van der Waals surface area contributed by atoms with Gasteiger partial charge in [0.05, 0.1) is 23.7 Å². The Kier molecular flexibility index (Phi) is 5.20. The lowest BCUT2D eigenvalue weighted by Crippen LogP contribution is -2.25. The lowest BCUT2D eigenvalue weighted by molar-refractivity contribution is 0.0521. The van der Waals surface area contributed by atoms with E-state index in [2.05, 4.69) is 4.98 Å². The fraction of sp³-hybridized carbons (Fsp3) is 0.400. The number of carbonyl (C=O) groups excluding carboxylic acids is 1. The molecule has 0 aliphatic carbocycles. The first-order valence-corrected chi connectivity index (χ1v) is 8.89. The van der Waals surface area contributed by atoms with Gasteiger partial charge in [-0.15, -0.1) is 0 Å². The first kappa shape index (κ1) is 16.5. The van der Waals surface area contributed by atoms with Gasteiger partial charge in [0.15, 0.2) is 14.9 Å². The SMILES string of the molecule is CCOC(=O)c1cccnc1S(=O)(=O)CCS(N)(=O)=O. The Morgan fingerprint density at radius 1 is 1.30 bits per heavy atom. The van der Waals surface area contributed by atoms with Gasteiger partial charge in [-0.1, -0.05) is 0 Å². The van der Waals surface area contributed by atoms with E-state index in [1.54, 1.807) is 6.92 Å². The number of pyridine rings is 1. The van der Waals surface area contributed by atoms with Crippen LogP contribution >= 0.6 is 0 Å². The monoisotopic (exact) mass is 322 g/mol. The van der Waals surface area contributed by atoms with Gasteiger partial charge in [0.2, 0.25) is 10.0 Å². The van der Waals surface area contributed by atoms with E-state index in [4.69, 9.17) is 9.88 Å². The smallest absolute Gasteiger partial charge is 0.341 e. The van der Waals surface area contributed by atoms with E-state index in [-0.39, 0.29) is 12.2 Å². The van der Waals surface area contributed by atoms with Crippen molar-refractivity contribution in [2.75, 3.05) is 18.1 Å². The number of rotatable bonds is 6. The highest BCUT2D eigenvalue weighted by Gasteiger charge is 2.25. The van der Waals surface area contributed by atoms with Gasteiger partial charge in [0.25, 0.3) is 0 Å². The molecule has 1 heterocycles. The van der Waals surface area contributed by atoms with Crippen LogP contribution in [0.4, 0.5) is 0 Å². The molecule has 0 saturated heterocycles. The zero-order chi connectivity index (χ0) is 15.4. The van der Waals surface area contributed by atoms with E-state index in [0.29, 0.717) is 0 Å². The molecule has 0 fully saturated rings. The normalized spacial score (nSPS) is 12.1. The van der Waals surface area contributed by atoms with Gasteiger partial charge in [-0.25, -0.2) is 31.8 Å². The lowest BCUT2D eigenvalue weighted by atomic mass is 10.3. The molecule has 0 spiro atoms. The number of hydrogen-bond donors (Lipinski definition) is 1. The average Bonchev–Trinajstić information content (AvgIpc) is 2.36. The zero-order valence-corrected chi connectivity index (χ0v) is 12.3. The number of ether oxygens (including phenoxy) is 1. The van der Waals surface area contributed by atoms with Crippen LogP contribution in [0.3, 0.4) is 0 Å². The molecule has 0 atom stereocenters. The van der Waals surface area contributed by atoms with Crippen LogP contribution in [0.2, 0.25) is 0 Å². The van der Waals surface area contributed by atoms with E-state index >= 15 is 0 Å². The molecule has 8 nitrogen and oxygen atoms in total. The largest absolute Gasteiger partial charge is 0.462 e. The van der Waals surface area contributed by atoms with Gasteiger partial charge in [0.1, 0.15) is 0 Å². The highest BCUT2D eigenvalue weighted by atomic mass is 32.2. The number of sulfone groups is 1. The topological polar surface area (TPSA) is 133 Å². The lowest BCUT2D eigenvalue weighted by Gasteiger charge is -2.08. The molecule has 10 heteroatoms. The van der Waals surface area contributed by atoms with E-state index < -0.39 is 42.4 Å². The van der Waals surface area contributed by atoms with E-state index in [9.17, 15) is 21.6 Å². The number of nitrogens with zero attached hydrogens (tertiary/aromatic N) is 1. The van der Waals surface area contributed by atoms with Crippen LogP contribution in [0.25, 0.3) is 0 Å². The number of esters is 1. The number of carbonyl (C=O) groups is 1. The third-order valence-electron chi connectivity index (χ3n) is 2.20. The predicted molar refractivity (Wildman–Crippen MR) is 70.2 cm³/mol. The van der Waals surface area contributed by atoms with Crippen LogP contribution in [-0.2, 0) is 24.6 Å². The van der Waals surface area contributed by atoms with Crippen molar-refractivity contribution in [2.45, 2.75) is 11.9 Å². The summed E-state index contributed by atoms with van der Waals surface area (Å²) < 4.78 is 50.4. The Morgan fingerprint density at radius 3 is 2.50 bits per heavy atom. The summed E-state index contributed by atoms with van der Waals surface area (Å²) in [5.74, 6) is -2.35. The fourth-order valence-corrected chi connectivity index (χ4v) is 4.03. The van der Waals surface area contributed by atoms with Crippen molar-refractivity contribution < 1.29 is 26.4 Å². The minimum Gasteiger partial charge on any atom is -0.462 e. The summed E-state index contributed by atoms with van der Waals surface area (Å²) in [6, 6.07) is 2.62. The minimum absolute atomic E-state index is 0.0738. The molecule has 0 aromatic carbocycles. The van der Waals surface area contributed by atoms with E-state index in [1.165, 1.54) is 18.3 Å². The third-order valence-corrected chi connectivity index (χ3v) is 4.89. The maximum absolute atomic E-state index is 12.0. The molecule has 0 bridgehead atoms. The van der Waals surface area contributed by atoms with Gasteiger partial charge < -0.3 is 4.74 Å². The van der Waals surface area contributed by atoms with Crippen LogP contribution < -0.4 is 5.14 Å². The van der Waals surface area contributed by atoms with Gasteiger partial charge in [0, 0.05) is 6.20 Å². The second kappa shape index (κ2) is 6.29. The molecule has 0 unspecified atom stereocenters. The summed E-state index contributed by atoms with van der Waals surface area (Å²) in [6.45, 7) is 1.65. The minimum atomic E-state index is -4.06. The highest BCUT2D eigenvalue weighted by molar-refractivity contribution is 7.94. The molecule has 112 valence electrons. The molecule has 0 aliphatic rings. The summed E-state index contributed by atoms with van der Waals surface area (Å²) in [6.07, 6.45) is 1.19. The molecule has 20 heavy (non-hydrogen) atoms. The average molecular weight is 322 g/mol. The van der Waals surface area contributed by atoms with Crippen molar-refractivity contribution in [3.05, 3.63) is 23.9 Å². The second-order valence-electron chi connectivity index (χ2n) is 3.76. The Morgan fingerprint density at radius 2 is 1.95 bits per heavy atom. The van der Waals surface area contributed by atoms with Crippen molar-refractivity contribution in [1.29, 1.82) is 0 Å². The van der Waals surface area contributed by atoms with Crippen molar-refractivity contribution in [3.8, 4) is 0 Å². The second-order valence-corrected chi connectivity index (χ2v) is 7.52. The van der Waals surface area contributed by atoms with E-state index in [0.717, 1.165) is 0 Å². The molecule has 1 aromatic heterocycles. The summed E-state index contributed by atoms with van der Waals surface area (Å²) in [7, 11) is -7.99. The summed E-state index contributed by atoms with van der Waals surface area (Å²) in [5, 5.41) is 4.25. The first-order valence-electron chi connectivity index (χ1n) is 5.53. The van der Waals surface area contributed by atoms with Crippen molar-refractivity contribution >= 4 is 25.8 Å². The first-order chi connectivity index (χ1) is 9.17. The van der Waals surface area contributed by atoms with Gasteiger partial charge in [-0.05, 0) is 19.1 Å².